The van der Waals surface area contributed by atoms with Gasteiger partial charge < -0.3 is 14.4 Å². The van der Waals surface area contributed by atoms with E-state index in [2.05, 4.69) is 0 Å². The summed E-state index contributed by atoms with van der Waals surface area (Å²) in [6.07, 6.45) is 1.21. The highest BCUT2D eigenvalue weighted by molar-refractivity contribution is 5.97. The van der Waals surface area contributed by atoms with Crippen LogP contribution in [0, 0.1) is 11.3 Å². The van der Waals surface area contributed by atoms with Crippen molar-refractivity contribution in [1.29, 1.82) is 0 Å². The van der Waals surface area contributed by atoms with Crippen molar-refractivity contribution in [3.8, 4) is 0 Å². The lowest BCUT2D eigenvalue weighted by Crippen LogP contribution is -2.47. The topological polar surface area (TPSA) is 76.2 Å². The first-order valence-electron chi connectivity index (χ1n) is 9.76. The van der Waals surface area contributed by atoms with Gasteiger partial charge in [-0.25, -0.2) is 14.5 Å². The summed E-state index contributed by atoms with van der Waals surface area (Å²) in [6, 6.07) is 0. The second kappa shape index (κ2) is 7.32. The Hall–Kier alpha value is -1.79. The van der Waals surface area contributed by atoms with Gasteiger partial charge in [0.15, 0.2) is 0 Å². The quantitative estimate of drug-likeness (QED) is 0.689. The van der Waals surface area contributed by atoms with E-state index in [-0.39, 0.29) is 17.9 Å². The molecule has 2 saturated heterocycles. The molecule has 154 valence electrons. The van der Waals surface area contributed by atoms with Crippen LogP contribution in [0.15, 0.2) is 0 Å². The number of hydrogen-bond acceptors (Lipinski definition) is 5. The lowest BCUT2D eigenvalue weighted by molar-refractivity contribution is -0.137. The van der Waals surface area contributed by atoms with E-state index in [0.29, 0.717) is 26.1 Å². The normalized spacial score (nSPS) is 24.9. The molecular formula is C20H34N2O5. The van der Waals surface area contributed by atoms with E-state index < -0.39 is 22.7 Å². The number of rotatable bonds is 1. The second-order valence-electron chi connectivity index (χ2n) is 9.85. The molecule has 27 heavy (non-hydrogen) atoms. The number of carbonyl (C=O) groups excluding carboxylic acids is 3. The summed E-state index contributed by atoms with van der Waals surface area (Å²) in [6.45, 7) is 14.4. The van der Waals surface area contributed by atoms with E-state index in [4.69, 9.17) is 9.47 Å². The summed E-state index contributed by atoms with van der Waals surface area (Å²) in [5.74, 6) is -0.0245. The van der Waals surface area contributed by atoms with E-state index in [1.807, 2.05) is 27.7 Å². The van der Waals surface area contributed by atoms with Crippen molar-refractivity contribution in [3.63, 3.8) is 0 Å². The number of hydrogen-bond donors (Lipinski definition) is 0. The van der Waals surface area contributed by atoms with Crippen LogP contribution in [0.25, 0.3) is 0 Å². The van der Waals surface area contributed by atoms with E-state index in [1.165, 1.54) is 4.90 Å². The molecule has 7 heteroatoms. The monoisotopic (exact) mass is 382 g/mol. The molecule has 2 rings (SSSR count). The van der Waals surface area contributed by atoms with E-state index >= 15 is 0 Å². The van der Waals surface area contributed by atoms with Gasteiger partial charge in [-0.2, -0.15) is 0 Å². The van der Waals surface area contributed by atoms with Crippen LogP contribution in [-0.4, -0.2) is 58.7 Å². The third kappa shape index (κ3) is 5.14. The molecular weight excluding hydrogens is 348 g/mol. The third-order valence-corrected chi connectivity index (χ3v) is 5.25. The standard InChI is InChI=1S/C20H34N2O5/c1-18(2,3)26-16(24)21-11-8-14(9-12-21)20(7)10-13-22(15(20)23)17(25)27-19(4,5)6/h14H,8-13H2,1-7H3. The van der Waals surface area contributed by atoms with Crippen molar-refractivity contribution in [1.82, 2.24) is 9.80 Å². The van der Waals surface area contributed by atoms with Crippen LogP contribution < -0.4 is 0 Å². The minimum Gasteiger partial charge on any atom is -0.444 e. The summed E-state index contributed by atoms with van der Waals surface area (Å²) in [4.78, 5) is 40.5. The smallest absolute Gasteiger partial charge is 0.417 e. The molecule has 0 saturated carbocycles. The highest BCUT2D eigenvalue weighted by Crippen LogP contribution is 2.44. The molecule has 1 unspecified atom stereocenters. The van der Waals surface area contributed by atoms with Gasteiger partial charge in [-0.05, 0) is 66.7 Å². The number of ether oxygens (including phenoxy) is 2. The maximum atomic E-state index is 13.0. The van der Waals surface area contributed by atoms with Crippen LogP contribution in [0.1, 0.15) is 67.7 Å². The van der Waals surface area contributed by atoms with Crippen LogP contribution in [0.4, 0.5) is 9.59 Å². The van der Waals surface area contributed by atoms with Crippen molar-refractivity contribution < 1.29 is 23.9 Å². The summed E-state index contributed by atoms with van der Waals surface area (Å²) >= 11 is 0. The minimum atomic E-state index is -0.630. The van der Waals surface area contributed by atoms with Gasteiger partial charge in [0.1, 0.15) is 11.2 Å². The molecule has 0 bridgehead atoms. The Kier molecular flexibility index (Phi) is 5.83. The fourth-order valence-corrected chi connectivity index (χ4v) is 3.76. The van der Waals surface area contributed by atoms with Gasteiger partial charge in [0.25, 0.3) is 0 Å². The second-order valence-corrected chi connectivity index (χ2v) is 9.85. The lowest BCUT2D eigenvalue weighted by atomic mass is 9.71. The fraction of sp³-hybridized carbons (Fsp3) is 0.850. The predicted octanol–water partition coefficient (Wildman–Crippen LogP) is 3.81. The molecule has 0 spiro atoms. The maximum Gasteiger partial charge on any atom is 0.417 e. The van der Waals surface area contributed by atoms with Crippen LogP contribution in [0.3, 0.4) is 0 Å². The lowest BCUT2D eigenvalue weighted by Gasteiger charge is -2.39. The molecule has 2 fully saturated rings. The van der Waals surface area contributed by atoms with Crippen LogP contribution >= 0.6 is 0 Å². The molecule has 0 radical (unpaired) electrons. The molecule has 2 aliphatic heterocycles. The molecule has 3 amide bonds. The first-order valence-corrected chi connectivity index (χ1v) is 9.76. The highest BCUT2D eigenvalue weighted by Gasteiger charge is 2.51. The largest absolute Gasteiger partial charge is 0.444 e. The van der Waals surface area contributed by atoms with E-state index in [1.54, 1.807) is 25.7 Å². The minimum absolute atomic E-state index is 0.135. The number of piperidine rings is 1. The molecule has 1 atom stereocenters. The Morgan fingerprint density at radius 2 is 1.41 bits per heavy atom. The SMILES string of the molecule is CC(C)(C)OC(=O)N1CCC(C2(C)CCN(C(=O)OC(C)(C)C)C2=O)CC1. The molecule has 2 aliphatic rings. The van der Waals surface area contributed by atoms with Gasteiger partial charge in [0.2, 0.25) is 5.91 Å². The number of likely N-dealkylation sites (tertiary alicyclic amines) is 2. The van der Waals surface area contributed by atoms with E-state index in [9.17, 15) is 14.4 Å². The average molecular weight is 383 g/mol. The Labute approximate surface area is 162 Å². The Bertz CT molecular complexity index is 596. The Morgan fingerprint density at radius 1 is 0.926 bits per heavy atom. The van der Waals surface area contributed by atoms with Crippen LogP contribution in [0.2, 0.25) is 0 Å². The Morgan fingerprint density at radius 3 is 1.89 bits per heavy atom. The molecule has 0 aromatic heterocycles. The van der Waals surface area contributed by atoms with Gasteiger partial charge in [-0.3, -0.25) is 4.79 Å². The number of imide groups is 1. The van der Waals surface area contributed by atoms with E-state index in [0.717, 1.165) is 12.8 Å². The summed E-state index contributed by atoms with van der Waals surface area (Å²) in [5.41, 5.74) is -1.73. The highest BCUT2D eigenvalue weighted by atomic mass is 16.6. The van der Waals surface area contributed by atoms with Gasteiger partial charge in [0.05, 0.1) is 5.41 Å². The van der Waals surface area contributed by atoms with Gasteiger partial charge >= 0.3 is 12.2 Å². The predicted molar refractivity (Wildman–Crippen MR) is 101 cm³/mol. The Balaban J connectivity index is 1.97. The first-order chi connectivity index (χ1) is 12.2. The van der Waals surface area contributed by atoms with Crippen molar-refractivity contribution in [2.24, 2.45) is 11.3 Å². The molecule has 0 aromatic carbocycles. The zero-order valence-electron chi connectivity index (χ0n) is 17.8. The van der Waals surface area contributed by atoms with Crippen molar-refractivity contribution in [3.05, 3.63) is 0 Å². The van der Waals surface area contributed by atoms with Crippen LogP contribution in [-0.2, 0) is 14.3 Å². The third-order valence-electron chi connectivity index (χ3n) is 5.25. The van der Waals surface area contributed by atoms with Crippen molar-refractivity contribution in [2.45, 2.75) is 78.9 Å². The zero-order chi connectivity index (χ0) is 20.6. The number of nitrogens with zero attached hydrogens (tertiary/aromatic N) is 2. The fourth-order valence-electron chi connectivity index (χ4n) is 3.76. The average Bonchev–Trinajstić information content (AvgIpc) is 2.81. The van der Waals surface area contributed by atoms with Crippen molar-refractivity contribution >= 4 is 18.1 Å². The summed E-state index contributed by atoms with van der Waals surface area (Å²) in [7, 11) is 0. The molecule has 7 nitrogen and oxygen atoms in total. The first kappa shape index (κ1) is 21.5. The van der Waals surface area contributed by atoms with Gasteiger partial charge in [-0.15, -0.1) is 0 Å². The molecule has 0 aromatic rings. The number of carbonyl (C=O) groups is 3. The summed E-state index contributed by atoms with van der Waals surface area (Å²) < 4.78 is 10.8. The van der Waals surface area contributed by atoms with Gasteiger partial charge in [0, 0.05) is 19.6 Å². The molecule has 2 heterocycles. The van der Waals surface area contributed by atoms with Crippen molar-refractivity contribution in [2.75, 3.05) is 19.6 Å². The summed E-state index contributed by atoms with van der Waals surface area (Å²) in [5, 5.41) is 0. The number of amides is 3. The molecule has 0 N–H and O–H groups in total. The maximum absolute atomic E-state index is 13.0. The zero-order valence-corrected chi connectivity index (χ0v) is 17.8. The molecule has 0 aliphatic carbocycles. The van der Waals surface area contributed by atoms with Crippen LogP contribution in [0.5, 0.6) is 0 Å². The van der Waals surface area contributed by atoms with Gasteiger partial charge in [-0.1, -0.05) is 6.92 Å².